The number of nitrogens with zero attached hydrogens (tertiary/aromatic N) is 1. The maximum Gasteiger partial charge on any atom is 0.266 e. The van der Waals surface area contributed by atoms with E-state index in [1.54, 1.807) is 6.08 Å². The Morgan fingerprint density at radius 3 is 2.38 bits per heavy atom. The third-order valence-corrected chi connectivity index (χ3v) is 4.45. The van der Waals surface area contributed by atoms with Gasteiger partial charge in [0.05, 0.1) is 0 Å². The number of anilines is 1. The molecule has 0 aliphatic heterocycles. The Hall–Kier alpha value is -3.84. The summed E-state index contributed by atoms with van der Waals surface area (Å²) < 4.78 is 5.77. The summed E-state index contributed by atoms with van der Waals surface area (Å²) in [5.41, 5.74) is 3.65. The molecule has 0 radical (unpaired) electrons. The van der Waals surface area contributed by atoms with Crippen molar-refractivity contribution in [3.05, 3.63) is 101 Å². The van der Waals surface area contributed by atoms with Crippen molar-refractivity contribution in [3.63, 3.8) is 0 Å². The molecule has 29 heavy (non-hydrogen) atoms. The number of rotatable bonds is 7. The topological polar surface area (TPSA) is 62.1 Å². The van der Waals surface area contributed by atoms with Gasteiger partial charge in [0.2, 0.25) is 0 Å². The highest BCUT2D eigenvalue weighted by molar-refractivity contribution is 6.09. The van der Waals surface area contributed by atoms with Crippen molar-refractivity contribution < 1.29 is 9.53 Å². The van der Waals surface area contributed by atoms with Crippen LogP contribution in [0, 0.1) is 11.3 Å². The van der Waals surface area contributed by atoms with E-state index >= 15 is 0 Å². The van der Waals surface area contributed by atoms with Gasteiger partial charge in [-0.25, -0.2) is 0 Å². The summed E-state index contributed by atoms with van der Waals surface area (Å²) in [7, 11) is 0. The molecule has 0 fully saturated rings. The van der Waals surface area contributed by atoms with Crippen molar-refractivity contribution >= 4 is 17.7 Å². The Balaban J connectivity index is 1.67. The van der Waals surface area contributed by atoms with Crippen molar-refractivity contribution in [2.75, 3.05) is 5.32 Å². The zero-order valence-corrected chi connectivity index (χ0v) is 16.3. The van der Waals surface area contributed by atoms with E-state index in [1.165, 1.54) is 0 Å². The summed E-state index contributed by atoms with van der Waals surface area (Å²) >= 11 is 0. The Morgan fingerprint density at radius 2 is 1.69 bits per heavy atom. The lowest BCUT2D eigenvalue weighted by atomic mass is 10.1. The first kappa shape index (κ1) is 19.9. The number of nitrogens with one attached hydrogen (secondary N) is 1. The quantitative estimate of drug-likeness (QED) is 0.441. The van der Waals surface area contributed by atoms with Crippen molar-refractivity contribution in [2.45, 2.75) is 20.0 Å². The molecule has 0 aliphatic carbocycles. The molecule has 0 bridgehead atoms. The van der Waals surface area contributed by atoms with E-state index in [2.05, 4.69) is 5.32 Å². The second-order valence-corrected chi connectivity index (χ2v) is 6.48. The van der Waals surface area contributed by atoms with Crippen molar-refractivity contribution in [1.82, 2.24) is 0 Å². The molecule has 0 saturated heterocycles. The number of nitriles is 1. The number of hydrogen-bond donors (Lipinski definition) is 1. The number of para-hydroxylation sites is 1. The van der Waals surface area contributed by atoms with Crippen LogP contribution in [0.3, 0.4) is 0 Å². The van der Waals surface area contributed by atoms with E-state index in [-0.39, 0.29) is 5.57 Å². The Kier molecular flexibility index (Phi) is 6.80. The van der Waals surface area contributed by atoms with E-state index in [0.29, 0.717) is 6.61 Å². The maximum atomic E-state index is 12.5. The number of aryl methyl sites for hydroxylation is 1. The third-order valence-electron chi connectivity index (χ3n) is 4.45. The van der Waals surface area contributed by atoms with Crippen LogP contribution in [0.5, 0.6) is 5.75 Å². The predicted molar refractivity (Wildman–Crippen MR) is 115 cm³/mol. The summed E-state index contributed by atoms with van der Waals surface area (Å²) in [5.74, 6) is 0.309. The second-order valence-electron chi connectivity index (χ2n) is 6.48. The Morgan fingerprint density at radius 1 is 1.00 bits per heavy atom. The van der Waals surface area contributed by atoms with E-state index < -0.39 is 5.91 Å². The zero-order chi connectivity index (χ0) is 20.5. The molecule has 3 rings (SSSR count). The summed E-state index contributed by atoms with van der Waals surface area (Å²) in [6.45, 7) is 2.51. The van der Waals surface area contributed by atoms with Crippen LogP contribution in [0.15, 0.2) is 84.4 Å². The second kappa shape index (κ2) is 9.91. The van der Waals surface area contributed by atoms with E-state index in [0.717, 1.165) is 34.5 Å². The first-order valence-corrected chi connectivity index (χ1v) is 9.47. The first-order valence-electron chi connectivity index (χ1n) is 9.47. The molecule has 4 heteroatoms. The standard InChI is InChI=1S/C25H22N2O2/c1-2-21-10-6-7-11-24(21)27-25(28)22(17-26)16-19-12-14-23(15-13-19)29-18-20-8-4-3-5-9-20/h3-16H,2,18H2,1H3,(H,27,28)/b22-16+. The SMILES string of the molecule is CCc1ccccc1NC(=O)/C(C#N)=C/c1ccc(OCc2ccccc2)cc1. The van der Waals surface area contributed by atoms with Crippen LogP contribution < -0.4 is 10.1 Å². The average Bonchev–Trinajstić information content (AvgIpc) is 2.78. The van der Waals surface area contributed by atoms with Gasteiger partial charge < -0.3 is 10.1 Å². The third kappa shape index (κ3) is 5.57. The van der Waals surface area contributed by atoms with Gasteiger partial charge in [-0.15, -0.1) is 0 Å². The lowest BCUT2D eigenvalue weighted by molar-refractivity contribution is -0.112. The van der Waals surface area contributed by atoms with Gasteiger partial charge in [0.15, 0.2) is 0 Å². The van der Waals surface area contributed by atoms with Crippen LogP contribution in [-0.2, 0) is 17.8 Å². The van der Waals surface area contributed by atoms with Crippen molar-refractivity contribution in [1.29, 1.82) is 5.26 Å². The predicted octanol–water partition coefficient (Wildman–Crippen LogP) is 5.37. The first-order chi connectivity index (χ1) is 14.2. The summed E-state index contributed by atoms with van der Waals surface area (Å²) in [4.78, 5) is 12.5. The van der Waals surface area contributed by atoms with Crippen LogP contribution in [-0.4, -0.2) is 5.91 Å². The van der Waals surface area contributed by atoms with Crippen LogP contribution in [0.25, 0.3) is 6.08 Å². The number of carbonyl (C=O) groups excluding carboxylic acids is 1. The minimum Gasteiger partial charge on any atom is -0.489 e. The van der Waals surface area contributed by atoms with Gasteiger partial charge in [-0.2, -0.15) is 5.26 Å². The smallest absolute Gasteiger partial charge is 0.266 e. The molecular weight excluding hydrogens is 360 g/mol. The fraction of sp³-hybridized carbons (Fsp3) is 0.120. The lowest BCUT2D eigenvalue weighted by Crippen LogP contribution is -2.14. The molecule has 1 amide bonds. The van der Waals surface area contributed by atoms with Gasteiger partial charge >= 0.3 is 0 Å². The molecule has 4 nitrogen and oxygen atoms in total. The van der Waals surface area contributed by atoms with E-state index in [1.807, 2.05) is 91.9 Å². The summed E-state index contributed by atoms with van der Waals surface area (Å²) in [5, 5.41) is 12.3. The molecule has 3 aromatic rings. The lowest BCUT2D eigenvalue weighted by Gasteiger charge is -2.09. The normalized spacial score (nSPS) is 10.8. The Labute approximate surface area is 171 Å². The summed E-state index contributed by atoms with van der Waals surface area (Å²) in [6.07, 6.45) is 2.37. The van der Waals surface area contributed by atoms with Gasteiger partial charge in [0.1, 0.15) is 24.0 Å². The van der Waals surface area contributed by atoms with Gasteiger partial charge in [-0.1, -0.05) is 67.6 Å². The highest BCUT2D eigenvalue weighted by atomic mass is 16.5. The fourth-order valence-corrected chi connectivity index (χ4v) is 2.86. The van der Waals surface area contributed by atoms with Gasteiger partial charge in [0, 0.05) is 5.69 Å². The van der Waals surface area contributed by atoms with Gasteiger partial charge in [-0.3, -0.25) is 4.79 Å². The number of carbonyl (C=O) groups is 1. The largest absolute Gasteiger partial charge is 0.489 e. The molecule has 3 aromatic carbocycles. The van der Waals surface area contributed by atoms with E-state index in [9.17, 15) is 10.1 Å². The molecule has 1 N–H and O–H groups in total. The molecule has 0 unspecified atom stereocenters. The Bertz CT molecular complexity index is 1030. The van der Waals surface area contributed by atoms with Gasteiger partial charge in [-0.05, 0) is 47.4 Å². The molecular formula is C25H22N2O2. The molecule has 0 spiro atoms. The monoisotopic (exact) mass is 382 g/mol. The molecule has 0 aliphatic rings. The minimum absolute atomic E-state index is 0.0499. The number of amides is 1. The van der Waals surface area contributed by atoms with Crippen LogP contribution >= 0.6 is 0 Å². The fourth-order valence-electron chi connectivity index (χ4n) is 2.86. The van der Waals surface area contributed by atoms with E-state index in [4.69, 9.17) is 4.74 Å². The number of ether oxygens (including phenoxy) is 1. The molecule has 144 valence electrons. The molecule has 0 atom stereocenters. The van der Waals surface area contributed by atoms with Gasteiger partial charge in [0.25, 0.3) is 5.91 Å². The van der Waals surface area contributed by atoms with Crippen molar-refractivity contribution in [3.8, 4) is 11.8 Å². The highest BCUT2D eigenvalue weighted by Gasteiger charge is 2.11. The zero-order valence-electron chi connectivity index (χ0n) is 16.3. The average molecular weight is 382 g/mol. The molecule has 0 saturated carbocycles. The van der Waals surface area contributed by atoms with Crippen molar-refractivity contribution in [2.24, 2.45) is 0 Å². The number of hydrogen-bond acceptors (Lipinski definition) is 3. The van der Waals surface area contributed by atoms with Crippen LogP contribution in [0.2, 0.25) is 0 Å². The maximum absolute atomic E-state index is 12.5. The summed E-state index contributed by atoms with van der Waals surface area (Å²) in [6, 6.07) is 26.8. The van der Waals surface area contributed by atoms with Crippen LogP contribution in [0.1, 0.15) is 23.6 Å². The molecule has 0 aromatic heterocycles. The molecule has 0 heterocycles. The highest BCUT2D eigenvalue weighted by Crippen LogP contribution is 2.19. The minimum atomic E-state index is -0.419. The number of benzene rings is 3. The van der Waals surface area contributed by atoms with Crippen LogP contribution in [0.4, 0.5) is 5.69 Å².